The highest BCUT2D eigenvalue weighted by atomic mass is 28.4. The smallest absolute Gasteiger partial charge is 0.192 e. The molecule has 0 aliphatic heterocycles. The number of nitrogens with two attached hydrogens (primary N) is 1. The summed E-state index contributed by atoms with van der Waals surface area (Å²) < 4.78 is 13.1. The molecule has 39 heavy (non-hydrogen) atoms. The Labute approximate surface area is 236 Å². The minimum Gasteiger partial charge on any atom is -0.489 e. The number of hydrogen-bond donors (Lipinski definition) is 3. The van der Waals surface area contributed by atoms with E-state index in [0.29, 0.717) is 25.4 Å². The van der Waals surface area contributed by atoms with E-state index in [0.717, 1.165) is 28.7 Å². The first-order chi connectivity index (χ1) is 18.3. The van der Waals surface area contributed by atoms with Gasteiger partial charge >= 0.3 is 0 Å². The first-order valence-electron chi connectivity index (χ1n) is 13.9. The van der Waals surface area contributed by atoms with Gasteiger partial charge in [0.2, 0.25) is 0 Å². The summed E-state index contributed by atoms with van der Waals surface area (Å²) in [6.07, 6.45) is 0.718. The van der Waals surface area contributed by atoms with Crippen molar-refractivity contribution in [3.05, 3.63) is 101 Å². The first kappa shape index (κ1) is 31.0. The highest BCUT2D eigenvalue weighted by Gasteiger charge is 2.39. The molecule has 0 spiro atoms. The van der Waals surface area contributed by atoms with Gasteiger partial charge in [0.1, 0.15) is 12.4 Å². The Kier molecular flexibility index (Phi) is 10.5. The van der Waals surface area contributed by atoms with Crippen molar-refractivity contribution in [3.8, 4) is 5.75 Å². The SMILES string of the molecule is CC(C)(Cc1cccc(CN)c1)NC[C@H](O[Si](C)(C)C(C)(C)C)c1ccc(OCc2ccccc2)c(CO)c1. The van der Waals surface area contributed by atoms with Gasteiger partial charge in [-0.2, -0.15) is 0 Å². The minimum absolute atomic E-state index is 0.0714. The van der Waals surface area contributed by atoms with E-state index in [1.807, 2.05) is 42.5 Å². The molecule has 1 atom stereocenters. The number of aliphatic hydroxyl groups is 1. The van der Waals surface area contributed by atoms with E-state index in [2.05, 4.69) is 83.4 Å². The number of nitrogens with one attached hydrogen (secondary N) is 1. The maximum atomic E-state index is 10.2. The maximum Gasteiger partial charge on any atom is 0.192 e. The van der Waals surface area contributed by atoms with Gasteiger partial charge in [-0.3, -0.25) is 0 Å². The van der Waals surface area contributed by atoms with Crippen LogP contribution in [0.15, 0.2) is 72.8 Å². The molecule has 0 aromatic heterocycles. The van der Waals surface area contributed by atoms with Gasteiger partial charge in [0.05, 0.1) is 12.7 Å². The molecule has 0 saturated heterocycles. The second-order valence-corrected chi connectivity index (χ2v) is 17.4. The van der Waals surface area contributed by atoms with Crippen molar-refractivity contribution in [2.45, 2.75) is 90.6 Å². The molecule has 0 aliphatic carbocycles. The lowest BCUT2D eigenvalue weighted by molar-refractivity contribution is 0.166. The monoisotopic (exact) mass is 548 g/mol. The molecular formula is C33H48N2O3Si. The van der Waals surface area contributed by atoms with Crippen molar-refractivity contribution < 1.29 is 14.3 Å². The largest absolute Gasteiger partial charge is 0.489 e. The molecule has 0 radical (unpaired) electrons. The van der Waals surface area contributed by atoms with Gasteiger partial charge in [-0.15, -0.1) is 0 Å². The fourth-order valence-corrected chi connectivity index (χ4v) is 5.65. The zero-order chi connectivity index (χ0) is 28.7. The summed E-state index contributed by atoms with van der Waals surface area (Å²) in [6, 6.07) is 24.7. The third-order valence-corrected chi connectivity index (χ3v) is 12.2. The minimum atomic E-state index is -2.08. The quantitative estimate of drug-likeness (QED) is 0.203. The number of aliphatic hydroxyl groups excluding tert-OH is 1. The molecule has 0 saturated carbocycles. The van der Waals surface area contributed by atoms with Gasteiger partial charge in [-0.1, -0.05) is 81.4 Å². The van der Waals surface area contributed by atoms with Crippen molar-refractivity contribution in [2.24, 2.45) is 5.73 Å². The maximum absolute atomic E-state index is 10.2. The summed E-state index contributed by atoms with van der Waals surface area (Å²) in [5, 5.41) is 14.1. The topological polar surface area (TPSA) is 76.7 Å². The van der Waals surface area contributed by atoms with Crippen LogP contribution in [0.3, 0.4) is 0 Å². The summed E-state index contributed by atoms with van der Waals surface area (Å²) in [6.45, 7) is 17.4. The third-order valence-electron chi connectivity index (χ3n) is 7.75. The average molecular weight is 549 g/mol. The molecule has 3 aromatic carbocycles. The van der Waals surface area contributed by atoms with E-state index >= 15 is 0 Å². The molecule has 6 heteroatoms. The van der Waals surface area contributed by atoms with Crippen LogP contribution in [0.25, 0.3) is 0 Å². The summed E-state index contributed by atoms with van der Waals surface area (Å²) in [5.74, 6) is 0.698. The highest BCUT2D eigenvalue weighted by Crippen LogP contribution is 2.40. The molecule has 5 nitrogen and oxygen atoms in total. The van der Waals surface area contributed by atoms with Crippen LogP contribution in [0.5, 0.6) is 5.75 Å². The van der Waals surface area contributed by atoms with Crippen LogP contribution in [0.1, 0.15) is 68.5 Å². The number of rotatable bonds is 13. The fraction of sp³-hybridized carbons (Fsp3) is 0.455. The first-order valence-corrected chi connectivity index (χ1v) is 16.9. The van der Waals surface area contributed by atoms with Gasteiger partial charge < -0.3 is 25.3 Å². The molecule has 0 unspecified atom stereocenters. The van der Waals surface area contributed by atoms with Gasteiger partial charge in [0.15, 0.2) is 8.32 Å². The number of benzene rings is 3. The van der Waals surface area contributed by atoms with Gasteiger partial charge in [0.25, 0.3) is 0 Å². The zero-order valence-electron chi connectivity index (χ0n) is 24.9. The van der Waals surface area contributed by atoms with Gasteiger partial charge in [-0.25, -0.2) is 0 Å². The van der Waals surface area contributed by atoms with Gasteiger partial charge in [-0.05, 0) is 72.8 Å². The number of ether oxygens (including phenoxy) is 1. The molecule has 0 heterocycles. The van der Waals surface area contributed by atoms with Crippen LogP contribution in [0.4, 0.5) is 0 Å². The van der Waals surface area contributed by atoms with E-state index in [1.54, 1.807) is 0 Å². The predicted molar refractivity (Wildman–Crippen MR) is 164 cm³/mol. The molecule has 0 amide bonds. The van der Waals surface area contributed by atoms with Gasteiger partial charge in [0, 0.05) is 24.2 Å². The molecule has 3 rings (SSSR count). The molecule has 0 aliphatic rings. The lowest BCUT2D eigenvalue weighted by Crippen LogP contribution is -2.47. The lowest BCUT2D eigenvalue weighted by atomic mass is 9.93. The van der Waals surface area contributed by atoms with E-state index in [9.17, 15) is 5.11 Å². The second-order valence-electron chi connectivity index (χ2n) is 12.6. The van der Waals surface area contributed by atoms with E-state index in [-0.39, 0.29) is 23.3 Å². The lowest BCUT2D eigenvalue weighted by Gasteiger charge is -2.40. The summed E-state index contributed by atoms with van der Waals surface area (Å²) in [7, 11) is -2.08. The summed E-state index contributed by atoms with van der Waals surface area (Å²) >= 11 is 0. The predicted octanol–water partition coefficient (Wildman–Crippen LogP) is 6.89. The number of hydrogen-bond acceptors (Lipinski definition) is 5. The van der Waals surface area contributed by atoms with Crippen molar-refractivity contribution in [1.29, 1.82) is 0 Å². The Morgan fingerprint density at radius 1 is 0.872 bits per heavy atom. The van der Waals surface area contributed by atoms with Crippen LogP contribution < -0.4 is 15.8 Å². The Hall–Kier alpha value is -2.48. The zero-order valence-corrected chi connectivity index (χ0v) is 25.9. The molecule has 3 aromatic rings. The van der Waals surface area contributed by atoms with Crippen LogP contribution >= 0.6 is 0 Å². The van der Waals surface area contributed by atoms with Crippen LogP contribution in [0.2, 0.25) is 18.1 Å². The molecule has 0 bridgehead atoms. The summed E-state index contributed by atoms with van der Waals surface area (Å²) in [4.78, 5) is 0. The Bertz CT molecular complexity index is 1190. The van der Waals surface area contributed by atoms with E-state index in [4.69, 9.17) is 14.9 Å². The van der Waals surface area contributed by atoms with Crippen LogP contribution in [-0.4, -0.2) is 25.5 Å². The van der Waals surface area contributed by atoms with Crippen molar-refractivity contribution in [2.75, 3.05) is 6.54 Å². The third kappa shape index (κ3) is 9.02. The van der Waals surface area contributed by atoms with Crippen molar-refractivity contribution in [3.63, 3.8) is 0 Å². The van der Waals surface area contributed by atoms with E-state index in [1.165, 1.54) is 5.56 Å². The van der Waals surface area contributed by atoms with Crippen LogP contribution in [0, 0.1) is 0 Å². The molecule has 4 N–H and O–H groups in total. The standard InChI is InChI=1S/C33H48N2O3Si/c1-32(2,3)39(6,7)38-31(22-35-33(4,5)20-26-14-11-15-27(18-26)21-34)28-16-17-30(29(19-28)23-36)37-24-25-12-9-8-10-13-25/h8-19,31,35-36H,20-24,34H2,1-7H3/t31-/m0/s1. The normalized spacial score (nSPS) is 13.4. The molecular weight excluding hydrogens is 500 g/mol. The van der Waals surface area contributed by atoms with Crippen molar-refractivity contribution in [1.82, 2.24) is 5.32 Å². The molecule has 212 valence electrons. The van der Waals surface area contributed by atoms with Crippen molar-refractivity contribution >= 4 is 8.32 Å². The Balaban J connectivity index is 1.82. The average Bonchev–Trinajstić information content (AvgIpc) is 2.89. The Morgan fingerprint density at radius 3 is 2.18 bits per heavy atom. The fourth-order valence-electron chi connectivity index (χ4n) is 4.37. The van der Waals surface area contributed by atoms with E-state index < -0.39 is 8.32 Å². The molecule has 0 fully saturated rings. The van der Waals surface area contributed by atoms with Crippen LogP contribution in [-0.2, 0) is 30.6 Å². The second kappa shape index (κ2) is 13.2. The highest BCUT2D eigenvalue weighted by molar-refractivity contribution is 6.74. The summed E-state index contributed by atoms with van der Waals surface area (Å²) in [5.41, 5.74) is 11.0. The Morgan fingerprint density at radius 2 is 1.54 bits per heavy atom.